The quantitative estimate of drug-likeness (QED) is 0.524. The van der Waals surface area contributed by atoms with Gasteiger partial charge >= 0.3 is 0 Å². The summed E-state index contributed by atoms with van der Waals surface area (Å²) in [5, 5.41) is 11.5. The Bertz CT molecular complexity index is 1330. The Morgan fingerprint density at radius 1 is 1.16 bits per heavy atom. The van der Waals surface area contributed by atoms with Crippen LogP contribution in [0.1, 0.15) is 52.6 Å². The standard InChI is InChI=1S/C24H23N7O/c1-15-7-8-17(12-20(15)30-13-19(25-14-30)16-9-10-16)24(32)27-21-5-2-4-18(26-21)23-29-28-22-6-3-11-31(22)23/h2,4-5,7-8,12-14,16H,3,6,9-11H2,1H3,(H,26,27,32). The van der Waals surface area contributed by atoms with E-state index >= 15 is 0 Å². The van der Waals surface area contributed by atoms with Crippen molar-refractivity contribution in [3.8, 4) is 17.2 Å². The Kier molecular flexibility index (Phi) is 4.38. The van der Waals surface area contributed by atoms with E-state index in [1.165, 1.54) is 12.8 Å². The molecule has 6 rings (SSSR count). The summed E-state index contributed by atoms with van der Waals surface area (Å²) in [6.45, 7) is 2.94. The second-order valence-electron chi connectivity index (χ2n) is 8.54. The van der Waals surface area contributed by atoms with Crippen molar-refractivity contribution in [2.75, 3.05) is 5.32 Å². The molecule has 0 spiro atoms. The third-order valence-corrected chi connectivity index (χ3v) is 6.18. The molecule has 1 aliphatic heterocycles. The monoisotopic (exact) mass is 425 g/mol. The Morgan fingerprint density at radius 2 is 2.06 bits per heavy atom. The zero-order chi connectivity index (χ0) is 21.7. The number of nitrogens with zero attached hydrogens (tertiary/aromatic N) is 6. The smallest absolute Gasteiger partial charge is 0.256 e. The van der Waals surface area contributed by atoms with Crippen LogP contribution in [0.5, 0.6) is 0 Å². The van der Waals surface area contributed by atoms with Crippen LogP contribution in [-0.2, 0) is 13.0 Å². The maximum Gasteiger partial charge on any atom is 0.256 e. The van der Waals surface area contributed by atoms with Crippen LogP contribution in [0.25, 0.3) is 17.2 Å². The number of hydrogen-bond donors (Lipinski definition) is 1. The minimum Gasteiger partial charge on any atom is -0.310 e. The van der Waals surface area contributed by atoms with Gasteiger partial charge < -0.3 is 14.5 Å². The van der Waals surface area contributed by atoms with Gasteiger partial charge in [-0.3, -0.25) is 4.79 Å². The van der Waals surface area contributed by atoms with Crippen LogP contribution in [-0.4, -0.2) is 35.2 Å². The molecule has 1 amide bonds. The van der Waals surface area contributed by atoms with Gasteiger partial charge in [0.2, 0.25) is 0 Å². The highest BCUT2D eigenvalue weighted by molar-refractivity contribution is 6.04. The topological polar surface area (TPSA) is 90.5 Å². The molecule has 1 saturated carbocycles. The van der Waals surface area contributed by atoms with Gasteiger partial charge in [0.05, 0.1) is 17.7 Å². The van der Waals surface area contributed by atoms with Gasteiger partial charge in [-0.05, 0) is 56.0 Å². The van der Waals surface area contributed by atoms with Gasteiger partial charge in [-0.1, -0.05) is 12.1 Å². The summed E-state index contributed by atoms with van der Waals surface area (Å²) in [7, 11) is 0. The van der Waals surface area contributed by atoms with E-state index in [2.05, 4.69) is 36.2 Å². The van der Waals surface area contributed by atoms with Crippen molar-refractivity contribution >= 4 is 11.7 Å². The second kappa shape index (κ2) is 7.40. The van der Waals surface area contributed by atoms with Crippen LogP contribution in [0, 0.1) is 6.92 Å². The molecule has 8 heteroatoms. The largest absolute Gasteiger partial charge is 0.310 e. The predicted octanol–water partition coefficient (Wildman–Crippen LogP) is 3.91. The molecule has 160 valence electrons. The number of rotatable bonds is 5. The van der Waals surface area contributed by atoms with Gasteiger partial charge in [0.1, 0.15) is 17.3 Å². The Morgan fingerprint density at radius 3 is 2.94 bits per heavy atom. The summed E-state index contributed by atoms with van der Waals surface area (Å²) in [4.78, 5) is 22.2. The Labute approximate surface area is 185 Å². The van der Waals surface area contributed by atoms with Gasteiger partial charge in [0.25, 0.3) is 5.91 Å². The van der Waals surface area contributed by atoms with Crippen molar-refractivity contribution in [2.45, 2.75) is 45.1 Å². The molecule has 1 aliphatic carbocycles. The molecule has 2 aliphatic rings. The van der Waals surface area contributed by atoms with E-state index in [1.807, 2.05) is 48.1 Å². The van der Waals surface area contributed by atoms with Gasteiger partial charge in [-0.25, -0.2) is 9.97 Å². The summed E-state index contributed by atoms with van der Waals surface area (Å²) in [5.41, 5.74) is 4.45. The number of aromatic nitrogens is 6. The first-order chi connectivity index (χ1) is 15.7. The summed E-state index contributed by atoms with van der Waals surface area (Å²) < 4.78 is 4.10. The normalized spacial score (nSPS) is 15.0. The number of aryl methyl sites for hydroxylation is 2. The Hall–Kier alpha value is -3.81. The van der Waals surface area contributed by atoms with Gasteiger partial charge in [-0.2, -0.15) is 0 Å². The number of imidazole rings is 1. The highest BCUT2D eigenvalue weighted by Crippen LogP contribution is 2.39. The summed E-state index contributed by atoms with van der Waals surface area (Å²) >= 11 is 0. The minimum absolute atomic E-state index is 0.204. The molecule has 0 bridgehead atoms. The number of nitrogens with one attached hydrogen (secondary N) is 1. The fraction of sp³-hybridized carbons (Fsp3) is 0.292. The van der Waals surface area contributed by atoms with Crippen molar-refractivity contribution in [1.82, 2.24) is 29.3 Å². The highest BCUT2D eigenvalue weighted by atomic mass is 16.1. The first-order valence-electron chi connectivity index (χ1n) is 11.0. The lowest BCUT2D eigenvalue weighted by molar-refractivity contribution is 0.102. The maximum absolute atomic E-state index is 13.0. The average molecular weight is 425 g/mol. The molecule has 4 heterocycles. The van der Waals surface area contributed by atoms with Gasteiger partial charge in [-0.15, -0.1) is 10.2 Å². The molecule has 4 aromatic rings. The molecule has 0 saturated heterocycles. The summed E-state index contributed by atoms with van der Waals surface area (Å²) in [6, 6.07) is 11.3. The number of pyridine rings is 1. The molecule has 3 aromatic heterocycles. The van der Waals surface area contributed by atoms with E-state index in [9.17, 15) is 4.79 Å². The number of benzene rings is 1. The van der Waals surface area contributed by atoms with Crippen LogP contribution >= 0.6 is 0 Å². The molecule has 1 fully saturated rings. The van der Waals surface area contributed by atoms with E-state index < -0.39 is 0 Å². The van der Waals surface area contributed by atoms with Crippen molar-refractivity contribution in [3.05, 3.63) is 71.6 Å². The average Bonchev–Trinajstić information content (AvgIpc) is 3.19. The molecule has 32 heavy (non-hydrogen) atoms. The maximum atomic E-state index is 13.0. The third-order valence-electron chi connectivity index (χ3n) is 6.18. The molecule has 1 N–H and O–H groups in total. The SMILES string of the molecule is Cc1ccc(C(=O)Nc2cccc(-c3nnc4n3CCC4)n2)cc1-n1cnc(C2CC2)c1. The van der Waals surface area contributed by atoms with E-state index in [0.29, 0.717) is 23.0 Å². The molecular weight excluding hydrogens is 402 g/mol. The number of carbonyl (C=O) groups excluding carboxylic acids is 1. The number of hydrogen-bond acceptors (Lipinski definition) is 5. The number of carbonyl (C=O) groups is 1. The van der Waals surface area contributed by atoms with Crippen molar-refractivity contribution < 1.29 is 4.79 Å². The van der Waals surface area contributed by atoms with Crippen LogP contribution < -0.4 is 5.32 Å². The van der Waals surface area contributed by atoms with E-state index in [4.69, 9.17) is 0 Å². The lowest BCUT2D eigenvalue weighted by Crippen LogP contribution is -2.14. The zero-order valence-electron chi connectivity index (χ0n) is 17.8. The number of anilines is 1. The summed E-state index contributed by atoms with van der Waals surface area (Å²) in [6.07, 6.45) is 8.34. The first kappa shape index (κ1) is 18.9. The van der Waals surface area contributed by atoms with E-state index in [0.717, 1.165) is 48.0 Å². The molecular formula is C24H23N7O. The molecule has 0 unspecified atom stereocenters. The number of amides is 1. The van der Waals surface area contributed by atoms with Gasteiger partial charge in [0, 0.05) is 30.6 Å². The Balaban J connectivity index is 1.25. The van der Waals surface area contributed by atoms with Gasteiger partial charge in [0.15, 0.2) is 5.82 Å². The lowest BCUT2D eigenvalue weighted by Gasteiger charge is -2.11. The van der Waals surface area contributed by atoms with Crippen LogP contribution in [0.4, 0.5) is 5.82 Å². The van der Waals surface area contributed by atoms with Crippen molar-refractivity contribution in [2.24, 2.45) is 0 Å². The van der Waals surface area contributed by atoms with Crippen molar-refractivity contribution in [1.29, 1.82) is 0 Å². The molecule has 8 nitrogen and oxygen atoms in total. The van der Waals surface area contributed by atoms with Crippen LogP contribution in [0.3, 0.4) is 0 Å². The predicted molar refractivity (Wildman–Crippen MR) is 120 cm³/mol. The lowest BCUT2D eigenvalue weighted by atomic mass is 10.1. The van der Waals surface area contributed by atoms with Crippen molar-refractivity contribution in [3.63, 3.8) is 0 Å². The molecule has 1 aromatic carbocycles. The summed E-state index contributed by atoms with van der Waals surface area (Å²) in [5.74, 6) is 2.62. The first-order valence-corrected chi connectivity index (χ1v) is 11.0. The zero-order valence-corrected chi connectivity index (χ0v) is 17.8. The van der Waals surface area contributed by atoms with E-state index in [1.54, 1.807) is 6.07 Å². The molecule has 0 radical (unpaired) electrons. The van der Waals surface area contributed by atoms with Crippen LogP contribution in [0.15, 0.2) is 48.9 Å². The highest BCUT2D eigenvalue weighted by Gasteiger charge is 2.26. The minimum atomic E-state index is -0.204. The number of fused-ring (bicyclic) bond motifs is 1. The molecule has 0 atom stereocenters. The fourth-order valence-electron chi connectivity index (χ4n) is 4.25. The second-order valence-corrected chi connectivity index (χ2v) is 8.54. The fourth-order valence-corrected chi connectivity index (χ4v) is 4.25. The van der Waals surface area contributed by atoms with Crippen LogP contribution in [0.2, 0.25) is 0 Å². The van der Waals surface area contributed by atoms with E-state index in [-0.39, 0.29) is 5.91 Å². The third kappa shape index (κ3) is 3.37.